The Kier molecular flexibility index (Phi) is 7.47. The highest BCUT2D eigenvalue weighted by atomic mass is 32.2. The molecule has 1 fully saturated rings. The Hall–Kier alpha value is -1.35. The number of alkyl carbamates (subject to hydrolysis) is 1. The van der Waals surface area contributed by atoms with Crippen LogP contribution in [0.1, 0.15) is 47.0 Å². The van der Waals surface area contributed by atoms with Crippen molar-refractivity contribution in [2.24, 2.45) is 0 Å². The first-order chi connectivity index (χ1) is 11.0. The van der Waals surface area contributed by atoms with E-state index in [0.29, 0.717) is 25.9 Å². The van der Waals surface area contributed by atoms with Crippen molar-refractivity contribution < 1.29 is 22.7 Å². The number of sulfonamides is 1. The Morgan fingerprint density at radius 1 is 1.21 bits per heavy atom. The lowest BCUT2D eigenvalue weighted by atomic mass is 10.1. The van der Waals surface area contributed by atoms with E-state index in [1.165, 1.54) is 0 Å². The van der Waals surface area contributed by atoms with Crippen LogP contribution in [0.5, 0.6) is 0 Å². The Morgan fingerprint density at radius 3 is 2.29 bits per heavy atom. The Labute approximate surface area is 144 Å². The predicted molar refractivity (Wildman–Crippen MR) is 91.1 cm³/mol. The highest BCUT2D eigenvalue weighted by Crippen LogP contribution is 2.12. The average Bonchev–Trinajstić information content (AvgIpc) is 2.45. The Balaban J connectivity index is 2.27. The molecule has 0 aromatic carbocycles. The van der Waals surface area contributed by atoms with Crippen molar-refractivity contribution in [3.8, 4) is 0 Å². The van der Waals surface area contributed by atoms with E-state index in [-0.39, 0.29) is 30.7 Å². The topological polar surface area (TPSA) is 105 Å². The van der Waals surface area contributed by atoms with E-state index in [2.05, 4.69) is 10.0 Å². The van der Waals surface area contributed by atoms with Gasteiger partial charge in [0.05, 0.1) is 5.75 Å². The van der Waals surface area contributed by atoms with Gasteiger partial charge in [-0.1, -0.05) is 0 Å². The maximum Gasteiger partial charge on any atom is 0.407 e. The van der Waals surface area contributed by atoms with Crippen LogP contribution in [-0.4, -0.2) is 62.3 Å². The van der Waals surface area contributed by atoms with Gasteiger partial charge >= 0.3 is 6.09 Å². The van der Waals surface area contributed by atoms with E-state index in [4.69, 9.17) is 4.74 Å². The molecule has 1 heterocycles. The summed E-state index contributed by atoms with van der Waals surface area (Å²) in [6, 6.07) is -0.112. The molecule has 0 aromatic heterocycles. The summed E-state index contributed by atoms with van der Waals surface area (Å²) in [7, 11) is -3.21. The van der Waals surface area contributed by atoms with E-state index in [9.17, 15) is 18.0 Å². The van der Waals surface area contributed by atoms with Crippen molar-refractivity contribution in [2.45, 2.75) is 58.6 Å². The molecule has 0 aliphatic carbocycles. The summed E-state index contributed by atoms with van der Waals surface area (Å²) in [5, 5.41) is 2.56. The zero-order valence-electron chi connectivity index (χ0n) is 14.9. The van der Waals surface area contributed by atoms with Gasteiger partial charge in [-0.3, -0.25) is 4.79 Å². The van der Waals surface area contributed by atoms with Gasteiger partial charge < -0.3 is 15.0 Å². The maximum absolute atomic E-state index is 12.1. The summed E-state index contributed by atoms with van der Waals surface area (Å²) >= 11 is 0. The predicted octanol–water partition coefficient (Wildman–Crippen LogP) is 0.831. The number of amides is 2. The summed E-state index contributed by atoms with van der Waals surface area (Å²) in [4.78, 5) is 25.3. The molecule has 9 heteroatoms. The molecule has 24 heavy (non-hydrogen) atoms. The number of nitrogens with one attached hydrogen (secondary N) is 2. The monoisotopic (exact) mass is 363 g/mol. The molecule has 1 saturated heterocycles. The first kappa shape index (κ1) is 20.7. The van der Waals surface area contributed by atoms with Crippen molar-refractivity contribution in [2.75, 3.05) is 25.4 Å². The summed E-state index contributed by atoms with van der Waals surface area (Å²) < 4.78 is 30.8. The minimum Gasteiger partial charge on any atom is -0.444 e. The largest absolute Gasteiger partial charge is 0.444 e. The van der Waals surface area contributed by atoms with Crippen LogP contribution in [0, 0.1) is 0 Å². The molecule has 0 radical (unpaired) electrons. The summed E-state index contributed by atoms with van der Waals surface area (Å²) in [5.74, 6) is 0.00511. The molecule has 0 atom stereocenters. The Morgan fingerprint density at radius 2 is 1.79 bits per heavy atom. The van der Waals surface area contributed by atoms with Gasteiger partial charge in [0.25, 0.3) is 0 Å². The lowest BCUT2D eigenvalue weighted by Gasteiger charge is -2.32. The second kappa shape index (κ2) is 8.66. The average molecular weight is 363 g/mol. The van der Waals surface area contributed by atoms with Crippen molar-refractivity contribution in [3.63, 3.8) is 0 Å². The van der Waals surface area contributed by atoms with Gasteiger partial charge in [-0.2, -0.15) is 0 Å². The number of nitrogens with zero attached hydrogens (tertiary/aromatic N) is 1. The molecule has 2 N–H and O–H groups in total. The second-order valence-electron chi connectivity index (χ2n) is 6.86. The minimum absolute atomic E-state index is 0.0529. The van der Waals surface area contributed by atoms with Crippen LogP contribution in [0.25, 0.3) is 0 Å². The fourth-order valence-corrected chi connectivity index (χ4v) is 3.24. The highest BCUT2D eigenvalue weighted by molar-refractivity contribution is 7.89. The van der Waals surface area contributed by atoms with Gasteiger partial charge in [0.15, 0.2) is 0 Å². The standard InChI is InChI=1S/C15H29N3O5S/c1-5-24(21,22)17-12-7-10-18(11-8-12)13(19)6-9-16-14(20)23-15(2,3)4/h12,17H,5-11H2,1-4H3,(H,16,20). The summed E-state index contributed by atoms with van der Waals surface area (Å²) in [6.07, 6.45) is 0.863. The molecule has 1 aliphatic heterocycles. The maximum atomic E-state index is 12.1. The van der Waals surface area contributed by atoms with Gasteiger partial charge in [-0.05, 0) is 40.5 Å². The second-order valence-corrected chi connectivity index (χ2v) is 8.90. The van der Waals surface area contributed by atoms with E-state index in [1.807, 2.05) is 0 Å². The first-order valence-electron chi connectivity index (χ1n) is 8.27. The van der Waals surface area contributed by atoms with Crippen LogP contribution in [0.4, 0.5) is 4.79 Å². The lowest BCUT2D eigenvalue weighted by Crippen LogP contribution is -2.47. The molecule has 2 amide bonds. The Bertz CT molecular complexity index is 534. The number of likely N-dealkylation sites (tertiary alicyclic amines) is 1. The van der Waals surface area contributed by atoms with Crippen molar-refractivity contribution in [1.29, 1.82) is 0 Å². The quantitative estimate of drug-likeness (QED) is 0.727. The van der Waals surface area contributed by atoms with Crippen LogP contribution in [-0.2, 0) is 19.6 Å². The number of piperidine rings is 1. The first-order valence-corrected chi connectivity index (χ1v) is 9.92. The normalized spacial score (nSPS) is 16.8. The zero-order valence-corrected chi connectivity index (χ0v) is 15.7. The van der Waals surface area contributed by atoms with Crippen LogP contribution in [0.2, 0.25) is 0 Å². The molecule has 0 spiro atoms. The molecule has 1 aliphatic rings. The number of hydrogen-bond donors (Lipinski definition) is 2. The van der Waals surface area contributed by atoms with Gasteiger partial charge in [0, 0.05) is 32.1 Å². The van der Waals surface area contributed by atoms with Crippen LogP contribution in [0.3, 0.4) is 0 Å². The molecular weight excluding hydrogens is 334 g/mol. The van der Waals surface area contributed by atoms with Crippen LogP contribution < -0.4 is 10.0 Å². The van der Waals surface area contributed by atoms with Gasteiger partial charge in [-0.25, -0.2) is 17.9 Å². The van der Waals surface area contributed by atoms with Gasteiger partial charge in [-0.15, -0.1) is 0 Å². The number of carbonyl (C=O) groups is 2. The van der Waals surface area contributed by atoms with E-state index in [0.717, 1.165) is 0 Å². The fourth-order valence-electron chi connectivity index (χ4n) is 2.33. The molecule has 0 bridgehead atoms. The zero-order chi connectivity index (χ0) is 18.4. The van der Waals surface area contributed by atoms with E-state index < -0.39 is 21.7 Å². The molecule has 140 valence electrons. The van der Waals surface area contributed by atoms with Gasteiger partial charge in [0.2, 0.25) is 15.9 Å². The van der Waals surface area contributed by atoms with Crippen LogP contribution >= 0.6 is 0 Å². The third-order valence-electron chi connectivity index (χ3n) is 3.58. The fraction of sp³-hybridized carbons (Fsp3) is 0.867. The van der Waals surface area contributed by atoms with Crippen molar-refractivity contribution >= 4 is 22.0 Å². The lowest BCUT2D eigenvalue weighted by molar-refractivity contribution is -0.132. The summed E-state index contributed by atoms with van der Waals surface area (Å²) in [5.41, 5.74) is -0.568. The van der Waals surface area contributed by atoms with Crippen molar-refractivity contribution in [3.05, 3.63) is 0 Å². The number of rotatable bonds is 6. The summed E-state index contributed by atoms with van der Waals surface area (Å²) in [6.45, 7) is 8.16. The van der Waals surface area contributed by atoms with Gasteiger partial charge in [0.1, 0.15) is 5.60 Å². The molecule has 8 nitrogen and oxygen atoms in total. The smallest absolute Gasteiger partial charge is 0.407 e. The van der Waals surface area contributed by atoms with E-state index >= 15 is 0 Å². The van der Waals surface area contributed by atoms with Crippen molar-refractivity contribution in [1.82, 2.24) is 14.9 Å². The molecule has 1 rings (SSSR count). The molecular formula is C15H29N3O5S. The number of hydrogen-bond acceptors (Lipinski definition) is 5. The molecule has 0 saturated carbocycles. The third kappa shape index (κ3) is 7.96. The SMILES string of the molecule is CCS(=O)(=O)NC1CCN(C(=O)CCNC(=O)OC(C)(C)C)CC1. The molecule has 0 unspecified atom stereocenters. The number of carbonyl (C=O) groups excluding carboxylic acids is 2. The van der Waals surface area contributed by atoms with Crippen LogP contribution in [0.15, 0.2) is 0 Å². The third-order valence-corrected chi connectivity index (χ3v) is 5.03. The molecule has 0 aromatic rings. The highest BCUT2D eigenvalue weighted by Gasteiger charge is 2.25. The number of ether oxygens (including phenoxy) is 1. The minimum atomic E-state index is -3.21. The van der Waals surface area contributed by atoms with E-state index in [1.54, 1.807) is 32.6 Å².